The van der Waals surface area contributed by atoms with Gasteiger partial charge in [-0.2, -0.15) is 0 Å². The molecule has 0 spiro atoms. The maximum absolute atomic E-state index is 12.6. The monoisotopic (exact) mass is 649 g/mol. The molecule has 0 fully saturated rings. The Morgan fingerprint density at radius 1 is 0.955 bits per heavy atom. The smallest absolute Gasteiger partial charge is 0.306 e. The van der Waals surface area contributed by atoms with Gasteiger partial charge in [-0.3, -0.25) is 19.2 Å². The standard InChI is InChI=1S/C29H32ClN3O10S/c1-14(28(36)37)8-19(34)22-10-17-21(44-22)11-20(40-3)26(31-17)42-6-5-7-43-27-25(41-4)24(30)16-12-33(13-18(16)32-27)23(35)9-15(2)29(38)39/h10-11,14-15H,5-9,12-13H2,1-4H3,(H,36,37)(H,38,39). The van der Waals surface area contributed by atoms with Gasteiger partial charge in [-0.15, -0.1) is 11.3 Å². The topological polar surface area (TPSA) is 175 Å². The minimum atomic E-state index is -1.04. The highest BCUT2D eigenvalue weighted by atomic mass is 35.5. The second-order valence-corrected chi connectivity index (χ2v) is 11.8. The predicted molar refractivity (Wildman–Crippen MR) is 159 cm³/mol. The van der Waals surface area contributed by atoms with Gasteiger partial charge in [0.25, 0.3) is 11.8 Å². The van der Waals surface area contributed by atoms with Gasteiger partial charge in [0.2, 0.25) is 5.91 Å². The second-order valence-electron chi connectivity index (χ2n) is 10.3. The highest BCUT2D eigenvalue weighted by Crippen LogP contribution is 2.41. The summed E-state index contributed by atoms with van der Waals surface area (Å²) in [7, 11) is 2.91. The first-order valence-electron chi connectivity index (χ1n) is 13.7. The molecule has 3 aromatic heterocycles. The van der Waals surface area contributed by atoms with Crippen LogP contribution in [0.4, 0.5) is 0 Å². The van der Waals surface area contributed by atoms with Gasteiger partial charge in [-0.05, 0) is 6.07 Å². The first-order chi connectivity index (χ1) is 20.9. The van der Waals surface area contributed by atoms with Crippen LogP contribution in [-0.4, -0.2) is 76.1 Å². The van der Waals surface area contributed by atoms with Crippen LogP contribution in [0.1, 0.15) is 54.0 Å². The Morgan fingerprint density at radius 3 is 2.25 bits per heavy atom. The molecule has 15 heteroatoms. The summed E-state index contributed by atoms with van der Waals surface area (Å²) in [5, 5.41) is 18.5. The molecule has 1 aliphatic rings. The number of carbonyl (C=O) groups is 4. The number of methoxy groups -OCH3 is 2. The molecular weight excluding hydrogens is 618 g/mol. The van der Waals surface area contributed by atoms with Crippen molar-refractivity contribution in [1.82, 2.24) is 14.9 Å². The summed E-state index contributed by atoms with van der Waals surface area (Å²) in [5.74, 6) is -3.27. The molecule has 0 saturated heterocycles. The van der Waals surface area contributed by atoms with Crippen molar-refractivity contribution in [3.63, 3.8) is 0 Å². The molecular formula is C29H32ClN3O10S. The summed E-state index contributed by atoms with van der Waals surface area (Å²) < 4.78 is 23.3. The molecule has 0 aliphatic carbocycles. The van der Waals surface area contributed by atoms with Crippen molar-refractivity contribution in [1.29, 1.82) is 0 Å². The quantitative estimate of drug-likeness (QED) is 0.175. The average molecular weight is 650 g/mol. The third kappa shape index (κ3) is 7.30. The van der Waals surface area contributed by atoms with Gasteiger partial charge in [0.15, 0.2) is 17.3 Å². The molecule has 236 valence electrons. The molecule has 3 aromatic rings. The van der Waals surface area contributed by atoms with E-state index in [0.717, 1.165) is 0 Å². The lowest BCUT2D eigenvalue weighted by Crippen LogP contribution is -2.28. The molecule has 0 bridgehead atoms. The van der Waals surface area contributed by atoms with E-state index in [0.29, 0.717) is 38.5 Å². The Labute approximate surface area is 261 Å². The van der Waals surface area contributed by atoms with E-state index in [1.807, 2.05) is 0 Å². The summed E-state index contributed by atoms with van der Waals surface area (Å²) in [6.07, 6.45) is 0.173. The van der Waals surface area contributed by atoms with E-state index < -0.39 is 23.8 Å². The van der Waals surface area contributed by atoms with Crippen LogP contribution in [0.2, 0.25) is 5.02 Å². The number of hydrogen-bond donors (Lipinski definition) is 2. The molecule has 1 aliphatic heterocycles. The number of Topliss-reactive ketones (excluding diaryl/α,β-unsaturated/α-hetero) is 1. The first-order valence-corrected chi connectivity index (χ1v) is 14.9. The number of aliphatic carboxylic acids is 2. The Morgan fingerprint density at radius 2 is 1.61 bits per heavy atom. The van der Waals surface area contributed by atoms with E-state index in [-0.39, 0.29) is 73.4 Å². The maximum atomic E-state index is 12.6. The van der Waals surface area contributed by atoms with Crippen LogP contribution < -0.4 is 18.9 Å². The third-order valence-corrected chi connectivity index (χ3v) is 8.51. The molecule has 0 aromatic carbocycles. The Balaban J connectivity index is 1.37. The number of hydrogen-bond acceptors (Lipinski definition) is 11. The number of carbonyl (C=O) groups excluding carboxylic acids is 2. The number of pyridine rings is 2. The number of nitrogens with zero attached hydrogens (tertiary/aromatic N) is 3. The third-order valence-electron chi connectivity index (χ3n) is 7.00. The van der Waals surface area contributed by atoms with Crippen LogP contribution in [0.15, 0.2) is 12.1 Å². The van der Waals surface area contributed by atoms with Gasteiger partial charge in [0, 0.05) is 37.4 Å². The van der Waals surface area contributed by atoms with Crippen LogP contribution in [0.25, 0.3) is 10.2 Å². The lowest BCUT2D eigenvalue weighted by molar-refractivity contribution is -0.145. The Bertz CT molecular complexity index is 1590. The number of carboxylic acids is 2. The van der Waals surface area contributed by atoms with E-state index in [1.54, 1.807) is 12.1 Å². The Hall–Kier alpha value is -4.17. The number of amides is 1. The number of aromatic nitrogens is 2. The minimum absolute atomic E-state index is 0.111. The highest BCUT2D eigenvalue weighted by molar-refractivity contribution is 7.20. The number of halogens is 1. The maximum Gasteiger partial charge on any atom is 0.306 e. The number of ether oxygens (including phenoxy) is 4. The van der Waals surface area contributed by atoms with Crippen molar-refractivity contribution >= 4 is 56.8 Å². The van der Waals surface area contributed by atoms with E-state index in [1.165, 1.54) is 44.3 Å². The van der Waals surface area contributed by atoms with Gasteiger partial charge < -0.3 is 34.1 Å². The molecule has 13 nitrogen and oxygen atoms in total. The van der Waals surface area contributed by atoms with Crippen LogP contribution in [0.3, 0.4) is 0 Å². The summed E-state index contributed by atoms with van der Waals surface area (Å²) >= 11 is 7.79. The van der Waals surface area contributed by atoms with Crippen molar-refractivity contribution in [3.8, 4) is 23.3 Å². The molecule has 44 heavy (non-hydrogen) atoms. The van der Waals surface area contributed by atoms with E-state index in [4.69, 9.17) is 40.8 Å². The van der Waals surface area contributed by atoms with E-state index >= 15 is 0 Å². The number of carboxylic acid groups (broad SMARTS) is 2. The second kappa shape index (κ2) is 14.1. The molecule has 4 heterocycles. The lowest BCUT2D eigenvalue weighted by atomic mass is 10.0. The van der Waals surface area contributed by atoms with E-state index in [2.05, 4.69) is 9.97 Å². The van der Waals surface area contributed by atoms with Gasteiger partial charge >= 0.3 is 11.9 Å². The van der Waals surface area contributed by atoms with Crippen LogP contribution in [-0.2, 0) is 27.5 Å². The normalized spacial score (nSPS) is 13.7. The fourth-order valence-electron chi connectivity index (χ4n) is 4.43. The SMILES string of the molecule is COc1cc2sc(C(=O)CC(C)C(=O)O)cc2nc1OCCCOc1nc2c(c(Cl)c1OC)CN(C(=O)CC(C)C(=O)O)C2. The van der Waals surface area contributed by atoms with Crippen molar-refractivity contribution in [2.24, 2.45) is 11.8 Å². The van der Waals surface area contributed by atoms with Crippen LogP contribution >= 0.6 is 22.9 Å². The summed E-state index contributed by atoms with van der Waals surface area (Å²) in [5.41, 5.74) is 1.70. The largest absolute Gasteiger partial charge is 0.491 e. The van der Waals surface area contributed by atoms with Crippen molar-refractivity contribution < 1.29 is 48.3 Å². The zero-order chi connectivity index (χ0) is 32.1. The number of thiophene rings is 1. The minimum Gasteiger partial charge on any atom is -0.491 e. The molecule has 2 atom stereocenters. The van der Waals surface area contributed by atoms with Gasteiger partial charge in [-0.1, -0.05) is 25.4 Å². The molecule has 0 radical (unpaired) electrons. The Kier molecular flexibility index (Phi) is 10.5. The highest BCUT2D eigenvalue weighted by Gasteiger charge is 2.32. The van der Waals surface area contributed by atoms with Crippen molar-refractivity contribution in [2.45, 2.75) is 46.2 Å². The fourth-order valence-corrected chi connectivity index (χ4v) is 5.73. The van der Waals surface area contributed by atoms with Crippen LogP contribution in [0, 0.1) is 11.8 Å². The fraction of sp³-hybridized carbons (Fsp3) is 0.448. The van der Waals surface area contributed by atoms with Gasteiger partial charge in [0.1, 0.15) is 0 Å². The number of rotatable bonds is 15. The number of fused-ring (bicyclic) bond motifs is 2. The summed E-state index contributed by atoms with van der Waals surface area (Å²) in [6, 6.07) is 3.33. The molecule has 4 rings (SSSR count). The van der Waals surface area contributed by atoms with E-state index in [9.17, 15) is 19.2 Å². The summed E-state index contributed by atoms with van der Waals surface area (Å²) in [6.45, 7) is 3.71. The zero-order valence-corrected chi connectivity index (χ0v) is 26.1. The molecule has 0 saturated carbocycles. The van der Waals surface area contributed by atoms with Gasteiger partial charge in [-0.25, -0.2) is 9.97 Å². The van der Waals surface area contributed by atoms with Gasteiger partial charge in [0.05, 0.1) is 71.6 Å². The van der Waals surface area contributed by atoms with Crippen LogP contribution in [0.5, 0.6) is 23.3 Å². The number of ketones is 1. The average Bonchev–Trinajstić information content (AvgIpc) is 3.61. The predicted octanol–water partition coefficient (Wildman–Crippen LogP) is 4.46. The molecule has 2 unspecified atom stereocenters. The molecule has 1 amide bonds. The first kappa shape index (κ1) is 32.7. The lowest BCUT2D eigenvalue weighted by Gasteiger charge is -2.16. The van der Waals surface area contributed by atoms with Crippen molar-refractivity contribution in [2.75, 3.05) is 27.4 Å². The van der Waals surface area contributed by atoms with Crippen molar-refractivity contribution in [3.05, 3.63) is 33.3 Å². The summed E-state index contributed by atoms with van der Waals surface area (Å²) in [4.78, 5) is 58.3. The molecule has 2 N–H and O–H groups in total. The zero-order valence-electron chi connectivity index (χ0n) is 24.5.